The Balaban J connectivity index is 2.35. The number of pyridine rings is 1. The van der Waals surface area contributed by atoms with Crippen molar-refractivity contribution in [3.63, 3.8) is 0 Å². The predicted octanol–water partition coefficient (Wildman–Crippen LogP) is 1.65. The Hall–Kier alpha value is -1.96. The third kappa shape index (κ3) is 1.05. The Labute approximate surface area is 87.8 Å². The van der Waals surface area contributed by atoms with Gasteiger partial charge in [0, 0.05) is 17.7 Å². The van der Waals surface area contributed by atoms with Gasteiger partial charge in [0.05, 0.1) is 11.6 Å². The maximum atomic E-state index is 11.0. The number of hydrogen-bond donors (Lipinski definition) is 0. The summed E-state index contributed by atoms with van der Waals surface area (Å²) < 4.78 is 1.96. The van der Waals surface area contributed by atoms with Crippen molar-refractivity contribution in [2.75, 3.05) is 0 Å². The van der Waals surface area contributed by atoms with Gasteiger partial charge in [0.1, 0.15) is 0 Å². The monoisotopic (exact) mass is 195 g/mol. The number of rotatable bonds is 1. The fraction of sp³-hybridized carbons (Fsp3) is 0.0769. The molecule has 2 nitrogen and oxygen atoms in total. The molecule has 3 rings (SSSR count). The number of nitrogens with zero attached hydrogens (tertiary/aromatic N) is 1. The highest BCUT2D eigenvalue weighted by Gasteiger charge is 2.28. The van der Waals surface area contributed by atoms with E-state index in [1.165, 1.54) is 0 Å². The van der Waals surface area contributed by atoms with Crippen molar-refractivity contribution in [2.45, 2.75) is 6.04 Å². The van der Waals surface area contributed by atoms with Crippen molar-refractivity contribution in [1.82, 2.24) is 0 Å². The Morgan fingerprint density at radius 2 is 1.87 bits per heavy atom. The van der Waals surface area contributed by atoms with E-state index in [-0.39, 0.29) is 6.04 Å². The van der Waals surface area contributed by atoms with Crippen LogP contribution < -0.4 is 4.57 Å². The molecule has 2 heteroatoms. The molecule has 72 valence electrons. The van der Waals surface area contributed by atoms with Crippen LogP contribution in [0, 0.1) is 0 Å². The Morgan fingerprint density at radius 1 is 1.07 bits per heavy atom. The summed E-state index contributed by atoms with van der Waals surface area (Å²) >= 11 is 0. The lowest BCUT2D eigenvalue weighted by molar-refractivity contribution is -0.681. The van der Waals surface area contributed by atoms with E-state index in [4.69, 9.17) is 0 Å². The SMILES string of the molecule is O=[C-]C1c2ccccc2-c2cccc[n+]21. The van der Waals surface area contributed by atoms with Gasteiger partial charge in [-0.1, -0.05) is 18.2 Å². The van der Waals surface area contributed by atoms with Crippen LogP contribution in [0.5, 0.6) is 0 Å². The third-order valence-corrected chi connectivity index (χ3v) is 2.81. The summed E-state index contributed by atoms with van der Waals surface area (Å²) in [6.45, 7) is 0. The molecular formula is C13H9NO. The number of carbonyl (C=O) groups excluding carboxylic acids is 1. The predicted molar refractivity (Wildman–Crippen MR) is 55.9 cm³/mol. The maximum absolute atomic E-state index is 11.0. The summed E-state index contributed by atoms with van der Waals surface area (Å²) in [5.41, 5.74) is 3.26. The second kappa shape index (κ2) is 3.02. The second-order valence-electron chi connectivity index (χ2n) is 3.60. The molecule has 1 aromatic carbocycles. The van der Waals surface area contributed by atoms with Crippen LogP contribution in [0.2, 0.25) is 0 Å². The van der Waals surface area contributed by atoms with Crippen molar-refractivity contribution in [2.24, 2.45) is 0 Å². The Morgan fingerprint density at radius 3 is 2.73 bits per heavy atom. The van der Waals surface area contributed by atoms with Gasteiger partial charge in [0.2, 0.25) is 5.69 Å². The van der Waals surface area contributed by atoms with Crippen LogP contribution in [0.3, 0.4) is 0 Å². The molecule has 2 aromatic rings. The fourth-order valence-electron chi connectivity index (χ4n) is 2.15. The van der Waals surface area contributed by atoms with Gasteiger partial charge in [-0.05, 0) is 12.1 Å². The molecule has 0 spiro atoms. The van der Waals surface area contributed by atoms with Crippen LogP contribution >= 0.6 is 0 Å². The van der Waals surface area contributed by atoms with E-state index >= 15 is 0 Å². The molecule has 1 aromatic heterocycles. The molecule has 0 N–H and O–H groups in total. The summed E-state index contributed by atoms with van der Waals surface area (Å²) in [7, 11) is 0. The molecule has 1 aliphatic heterocycles. The smallest absolute Gasteiger partial charge is 0.211 e. The molecule has 0 saturated heterocycles. The van der Waals surface area contributed by atoms with Crippen molar-refractivity contribution in [3.05, 3.63) is 54.2 Å². The summed E-state index contributed by atoms with van der Waals surface area (Å²) in [6, 6.07) is 13.6. The summed E-state index contributed by atoms with van der Waals surface area (Å²) in [4.78, 5) is 11.0. The average Bonchev–Trinajstić information content (AvgIpc) is 2.63. The lowest BCUT2D eigenvalue weighted by Gasteiger charge is -2.07. The first-order chi connectivity index (χ1) is 7.42. The van der Waals surface area contributed by atoms with Gasteiger partial charge in [0.15, 0.2) is 6.20 Å². The third-order valence-electron chi connectivity index (χ3n) is 2.81. The van der Waals surface area contributed by atoms with E-state index in [9.17, 15) is 4.79 Å². The first-order valence-electron chi connectivity index (χ1n) is 4.89. The van der Waals surface area contributed by atoms with Crippen molar-refractivity contribution in [1.29, 1.82) is 0 Å². The van der Waals surface area contributed by atoms with Crippen LogP contribution in [0.25, 0.3) is 11.3 Å². The highest BCUT2D eigenvalue weighted by atomic mass is 16.1. The highest BCUT2D eigenvalue weighted by molar-refractivity contribution is 5.73. The minimum Gasteiger partial charge on any atom is -0.535 e. The number of fused-ring (bicyclic) bond motifs is 3. The van der Waals surface area contributed by atoms with Crippen LogP contribution in [0.1, 0.15) is 11.6 Å². The molecule has 0 saturated carbocycles. The number of aromatic nitrogens is 1. The fourth-order valence-corrected chi connectivity index (χ4v) is 2.15. The molecule has 1 aliphatic rings. The first-order valence-corrected chi connectivity index (χ1v) is 4.89. The van der Waals surface area contributed by atoms with Crippen LogP contribution in [-0.2, 0) is 4.79 Å². The highest BCUT2D eigenvalue weighted by Crippen LogP contribution is 2.31. The average molecular weight is 195 g/mol. The standard InChI is InChI=1S/C13H9NO/c15-9-13-11-6-2-1-5-10(11)12-7-3-4-8-14(12)13/h1-8,13H. The lowest BCUT2D eigenvalue weighted by atomic mass is 10.0. The molecular weight excluding hydrogens is 186 g/mol. The van der Waals surface area contributed by atoms with Crippen molar-refractivity contribution >= 4 is 6.29 Å². The van der Waals surface area contributed by atoms with E-state index in [0.29, 0.717) is 0 Å². The van der Waals surface area contributed by atoms with E-state index in [2.05, 4.69) is 6.29 Å². The molecule has 0 aliphatic carbocycles. The molecule has 2 heterocycles. The summed E-state index contributed by atoms with van der Waals surface area (Å²) in [5.74, 6) is 0. The zero-order valence-electron chi connectivity index (χ0n) is 8.05. The Bertz CT molecular complexity index is 488. The van der Waals surface area contributed by atoms with Gasteiger partial charge in [-0.15, -0.1) is 0 Å². The largest absolute Gasteiger partial charge is 0.535 e. The first kappa shape index (κ1) is 8.36. The van der Waals surface area contributed by atoms with Gasteiger partial charge in [0.25, 0.3) is 0 Å². The molecule has 0 fully saturated rings. The second-order valence-corrected chi connectivity index (χ2v) is 3.60. The summed E-state index contributed by atoms with van der Waals surface area (Å²) in [5, 5.41) is 0. The lowest BCUT2D eigenvalue weighted by Crippen LogP contribution is -2.38. The Kier molecular flexibility index (Phi) is 1.68. The molecule has 1 atom stereocenters. The van der Waals surface area contributed by atoms with Gasteiger partial charge in [-0.25, -0.2) is 4.57 Å². The van der Waals surface area contributed by atoms with Gasteiger partial charge in [-0.3, -0.25) is 0 Å². The summed E-state index contributed by atoms with van der Waals surface area (Å²) in [6.07, 6.45) is 4.01. The van der Waals surface area contributed by atoms with E-state index in [1.807, 2.05) is 53.2 Å². The normalized spacial score (nSPS) is 16.9. The molecule has 0 amide bonds. The van der Waals surface area contributed by atoms with E-state index < -0.39 is 0 Å². The minimum atomic E-state index is -0.280. The van der Waals surface area contributed by atoms with Crippen LogP contribution in [-0.4, -0.2) is 6.29 Å². The molecule has 1 unspecified atom stereocenters. The zero-order valence-corrected chi connectivity index (χ0v) is 8.05. The maximum Gasteiger partial charge on any atom is 0.211 e. The van der Waals surface area contributed by atoms with Gasteiger partial charge >= 0.3 is 0 Å². The number of hydrogen-bond acceptors (Lipinski definition) is 1. The van der Waals surface area contributed by atoms with Gasteiger partial charge in [-0.2, -0.15) is 6.29 Å². The van der Waals surface area contributed by atoms with Gasteiger partial charge < -0.3 is 4.79 Å². The molecule has 0 radical (unpaired) electrons. The van der Waals surface area contributed by atoms with Crippen molar-refractivity contribution < 1.29 is 9.36 Å². The van der Waals surface area contributed by atoms with Crippen molar-refractivity contribution in [3.8, 4) is 11.3 Å². The minimum absolute atomic E-state index is 0.280. The molecule has 15 heavy (non-hydrogen) atoms. The van der Waals surface area contributed by atoms with E-state index in [1.54, 1.807) is 0 Å². The van der Waals surface area contributed by atoms with E-state index in [0.717, 1.165) is 16.8 Å². The number of benzene rings is 1. The zero-order chi connectivity index (χ0) is 10.3. The topological polar surface area (TPSA) is 20.9 Å². The van der Waals surface area contributed by atoms with Crippen LogP contribution in [0.4, 0.5) is 0 Å². The van der Waals surface area contributed by atoms with Crippen LogP contribution in [0.15, 0.2) is 48.7 Å². The quantitative estimate of drug-likeness (QED) is 0.500. The molecule has 0 bridgehead atoms.